The maximum Gasteiger partial charge on any atom is 0.123 e. The number of aryl methyl sites for hydroxylation is 1. The van der Waals surface area contributed by atoms with Crippen LogP contribution < -0.4 is 0 Å². The van der Waals surface area contributed by atoms with Gasteiger partial charge in [-0.2, -0.15) is 0 Å². The van der Waals surface area contributed by atoms with Gasteiger partial charge in [0.2, 0.25) is 0 Å². The Morgan fingerprint density at radius 3 is 1.76 bits per heavy atom. The normalized spacial score (nSPS) is 30.3. The maximum absolute atomic E-state index is 13.0. The van der Waals surface area contributed by atoms with Gasteiger partial charge in [-0.15, -0.1) is 0 Å². The molecule has 3 rings (SSSR count). The van der Waals surface area contributed by atoms with Gasteiger partial charge in [0, 0.05) is 0 Å². The summed E-state index contributed by atoms with van der Waals surface area (Å²) in [5, 5.41) is 0. The molecule has 2 aliphatic rings. The highest BCUT2D eigenvalue weighted by Gasteiger charge is 2.30. The first-order chi connectivity index (χ1) is 12.2. The van der Waals surface area contributed by atoms with E-state index >= 15 is 0 Å². The van der Waals surface area contributed by atoms with Gasteiger partial charge in [-0.05, 0) is 92.7 Å². The van der Waals surface area contributed by atoms with Gasteiger partial charge in [0.15, 0.2) is 0 Å². The molecule has 25 heavy (non-hydrogen) atoms. The van der Waals surface area contributed by atoms with Crippen LogP contribution in [0.4, 0.5) is 8.78 Å². The quantitative estimate of drug-likeness (QED) is 0.492. The molecule has 2 heteroatoms. The third-order valence-electron chi connectivity index (χ3n) is 6.95. The smallest absolute Gasteiger partial charge is 0.123 e. The molecule has 0 N–H and O–H groups in total. The van der Waals surface area contributed by atoms with Gasteiger partial charge in [-0.1, -0.05) is 37.8 Å². The van der Waals surface area contributed by atoms with Crippen molar-refractivity contribution in [2.75, 3.05) is 6.67 Å². The van der Waals surface area contributed by atoms with Gasteiger partial charge < -0.3 is 0 Å². The summed E-state index contributed by atoms with van der Waals surface area (Å²) < 4.78 is 25.3. The van der Waals surface area contributed by atoms with Crippen molar-refractivity contribution in [1.29, 1.82) is 0 Å². The summed E-state index contributed by atoms with van der Waals surface area (Å²) in [7, 11) is 0. The van der Waals surface area contributed by atoms with Crippen molar-refractivity contribution in [2.24, 2.45) is 23.7 Å². The average Bonchev–Trinajstić information content (AvgIpc) is 2.67. The van der Waals surface area contributed by atoms with Crippen LogP contribution in [0.3, 0.4) is 0 Å². The largest absolute Gasteiger partial charge is 0.251 e. The fourth-order valence-electron chi connectivity index (χ4n) is 5.28. The van der Waals surface area contributed by atoms with Crippen LogP contribution in [-0.4, -0.2) is 6.67 Å². The Morgan fingerprint density at radius 1 is 0.720 bits per heavy atom. The SMILES string of the molecule is FCCCC1CCC(C2CCC(CCc3ccc(F)cc3)CC2)CC1. The third-order valence-corrected chi connectivity index (χ3v) is 6.95. The van der Waals surface area contributed by atoms with Crippen LogP contribution in [0.25, 0.3) is 0 Å². The Morgan fingerprint density at radius 2 is 1.24 bits per heavy atom. The van der Waals surface area contributed by atoms with E-state index in [1.54, 1.807) is 12.1 Å². The Balaban J connectivity index is 1.34. The Kier molecular flexibility index (Phi) is 7.31. The Hall–Kier alpha value is -0.920. The molecule has 0 atom stereocenters. The lowest BCUT2D eigenvalue weighted by Gasteiger charge is -2.38. The van der Waals surface area contributed by atoms with Gasteiger partial charge in [-0.25, -0.2) is 4.39 Å². The zero-order valence-electron chi connectivity index (χ0n) is 15.6. The lowest BCUT2D eigenvalue weighted by molar-refractivity contribution is 0.140. The number of hydrogen-bond acceptors (Lipinski definition) is 0. The van der Waals surface area contributed by atoms with E-state index in [1.165, 1.54) is 63.4 Å². The summed E-state index contributed by atoms with van der Waals surface area (Å²) in [4.78, 5) is 0. The fraction of sp³-hybridized carbons (Fsp3) is 0.739. The van der Waals surface area contributed by atoms with E-state index in [0.29, 0.717) is 0 Å². The molecule has 0 aliphatic heterocycles. The highest BCUT2D eigenvalue weighted by Crippen LogP contribution is 2.42. The standard InChI is InChI=1S/C23H34F2/c24-17-1-2-18-5-11-21(12-6-18)22-13-7-19(8-14-22)3-4-20-9-15-23(25)16-10-20/h9-10,15-16,18-19,21-22H,1-8,11-14,17H2. The van der Waals surface area contributed by atoms with Crippen molar-refractivity contribution in [2.45, 2.75) is 77.0 Å². The molecule has 0 nitrogen and oxygen atoms in total. The third kappa shape index (κ3) is 5.79. The molecule has 0 amide bonds. The van der Waals surface area contributed by atoms with Crippen molar-refractivity contribution in [3.63, 3.8) is 0 Å². The molecule has 0 radical (unpaired) electrons. The predicted octanol–water partition coefficient (Wildman–Crippen LogP) is 7.12. The second-order valence-electron chi connectivity index (χ2n) is 8.56. The molecule has 2 fully saturated rings. The van der Waals surface area contributed by atoms with Gasteiger partial charge in [0.25, 0.3) is 0 Å². The fourth-order valence-corrected chi connectivity index (χ4v) is 5.28. The van der Waals surface area contributed by atoms with E-state index < -0.39 is 0 Å². The predicted molar refractivity (Wildman–Crippen MR) is 101 cm³/mol. The second kappa shape index (κ2) is 9.69. The zero-order chi connectivity index (χ0) is 17.5. The van der Waals surface area contributed by atoms with E-state index in [2.05, 4.69) is 0 Å². The monoisotopic (exact) mass is 348 g/mol. The number of hydrogen-bond donors (Lipinski definition) is 0. The van der Waals surface area contributed by atoms with Crippen molar-refractivity contribution in [3.8, 4) is 0 Å². The van der Waals surface area contributed by atoms with Gasteiger partial charge in [-0.3, -0.25) is 4.39 Å². The first kappa shape index (κ1) is 18.9. The molecule has 2 saturated carbocycles. The molecule has 1 aromatic rings. The van der Waals surface area contributed by atoms with Crippen LogP contribution >= 0.6 is 0 Å². The summed E-state index contributed by atoms with van der Waals surface area (Å²) >= 11 is 0. The van der Waals surface area contributed by atoms with Gasteiger partial charge in [0.1, 0.15) is 5.82 Å². The number of rotatable bonds is 7. The first-order valence-corrected chi connectivity index (χ1v) is 10.5. The summed E-state index contributed by atoms with van der Waals surface area (Å²) in [6, 6.07) is 7.02. The molecule has 2 aliphatic carbocycles. The topological polar surface area (TPSA) is 0 Å². The Bertz CT molecular complexity index is 479. The molecule has 0 bridgehead atoms. The van der Waals surface area contributed by atoms with E-state index in [0.717, 1.165) is 42.9 Å². The van der Waals surface area contributed by atoms with E-state index in [1.807, 2.05) is 12.1 Å². The van der Waals surface area contributed by atoms with Gasteiger partial charge >= 0.3 is 0 Å². The van der Waals surface area contributed by atoms with E-state index in [-0.39, 0.29) is 12.5 Å². The summed E-state index contributed by atoms with van der Waals surface area (Å²) in [5.41, 5.74) is 1.27. The second-order valence-corrected chi connectivity index (χ2v) is 8.56. The van der Waals surface area contributed by atoms with Crippen molar-refractivity contribution in [1.82, 2.24) is 0 Å². The first-order valence-electron chi connectivity index (χ1n) is 10.5. The van der Waals surface area contributed by atoms with Crippen LogP contribution in [0.1, 0.15) is 76.2 Å². The lowest BCUT2D eigenvalue weighted by Crippen LogP contribution is -2.26. The molecule has 0 unspecified atom stereocenters. The minimum atomic E-state index is -0.137. The highest BCUT2D eigenvalue weighted by atomic mass is 19.1. The van der Waals surface area contributed by atoms with Gasteiger partial charge in [0.05, 0.1) is 6.67 Å². The van der Waals surface area contributed by atoms with Crippen LogP contribution in [-0.2, 0) is 6.42 Å². The summed E-state index contributed by atoms with van der Waals surface area (Å²) in [5.74, 6) is 3.42. The molecule has 1 aromatic carbocycles. The average molecular weight is 349 g/mol. The van der Waals surface area contributed by atoms with Crippen LogP contribution in [0, 0.1) is 29.5 Å². The Labute approximate surface area is 152 Å². The number of alkyl halides is 1. The minimum absolute atomic E-state index is 0.135. The summed E-state index contributed by atoms with van der Waals surface area (Å²) in [6.45, 7) is -0.137. The van der Waals surface area contributed by atoms with Crippen molar-refractivity contribution >= 4 is 0 Å². The number of benzene rings is 1. The molecule has 140 valence electrons. The van der Waals surface area contributed by atoms with Crippen LogP contribution in [0.2, 0.25) is 0 Å². The van der Waals surface area contributed by atoms with Crippen LogP contribution in [0.15, 0.2) is 24.3 Å². The lowest BCUT2D eigenvalue weighted by atomic mass is 9.68. The maximum atomic E-state index is 13.0. The van der Waals surface area contributed by atoms with Crippen molar-refractivity contribution < 1.29 is 8.78 Å². The zero-order valence-corrected chi connectivity index (χ0v) is 15.6. The van der Waals surface area contributed by atoms with E-state index in [4.69, 9.17) is 0 Å². The number of halogens is 2. The molecule has 0 aromatic heterocycles. The molecular formula is C23H34F2. The highest BCUT2D eigenvalue weighted by molar-refractivity contribution is 5.16. The van der Waals surface area contributed by atoms with Crippen molar-refractivity contribution in [3.05, 3.63) is 35.6 Å². The molecule has 0 heterocycles. The molecular weight excluding hydrogens is 314 g/mol. The minimum Gasteiger partial charge on any atom is -0.251 e. The molecule has 0 spiro atoms. The van der Waals surface area contributed by atoms with Crippen LogP contribution in [0.5, 0.6) is 0 Å². The summed E-state index contributed by atoms with van der Waals surface area (Å²) in [6.07, 6.45) is 15.3. The molecule has 0 saturated heterocycles. The van der Waals surface area contributed by atoms with E-state index in [9.17, 15) is 8.78 Å².